The fourth-order valence-electron chi connectivity index (χ4n) is 5.41. The number of rotatable bonds is 9. The zero-order valence-corrected chi connectivity index (χ0v) is 22.0. The first kappa shape index (κ1) is 25.3. The number of hydrogen-bond acceptors (Lipinski definition) is 3. The number of nitrogens with one attached hydrogen (secondary N) is 1. The number of aromatic amines is 1. The lowest BCUT2D eigenvalue weighted by Crippen LogP contribution is -2.06. The third kappa shape index (κ3) is 5.27. The summed E-state index contributed by atoms with van der Waals surface area (Å²) in [6, 6.07) is 39.0. The van der Waals surface area contributed by atoms with E-state index in [4.69, 9.17) is 9.47 Å². The van der Waals surface area contributed by atoms with Crippen LogP contribution in [-0.2, 0) is 12.8 Å². The Bertz CT molecular complexity index is 1780. The van der Waals surface area contributed by atoms with E-state index in [9.17, 15) is 9.90 Å². The largest absolute Gasteiger partial charge is 0.512 e. The number of carboxylic acid groups (broad SMARTS) is 1. The number of H-pyrrole nitrogens is 1. The van der Waals surface area contributed by atoms with Crippen LogP contribution in [0.25, 0.3) is 32.8 Å². The minimum absolute atomic E-state index is 0.274. The molecule has 0 aliphatic rings. The molecule has 198 valence electrons. The highest BCUT2D eigenvalue weighted by atomic mass is 16.7. The Kier molecular flexibility index (Phi) is 7.18. The summed E-state index contributed by atoms with van der Waals surface area (Å²) in [7, 11) is 0. The summed E-state index contributed by atoms with van der Waals surface area (Å²) in [5.74, 6) is 1.12. The summed E-state index contributed by atoms with van der Waals surface area (Å²) >= 11 is 0. The van der Waals surface area contributed by atoms with Crippen molar-refractivity contribution in [1.82, 2.24) is 4.98 Å². The van der Waals surface area contributed by atoms with Crippen molar-refractivity contribution in [3.63, 3.8) is 0 Å². The number of benzene rings is 5. The van der Waals surface area contributed by atoms with Crippen LogP contribution in [-0.4, -0.2) is 22.9 Å². The molecule has 0 atom stereocenters. The number of para-hydroxylation sites is 1. The van der Waals surface area contributed by atoms with E-state index >= 15 is 0 Å². The van der Waals surface area contributed by atoms with Crippen LogP contribution in [0.4, 0.5) is 4.79 Å². The predicted molar refractivity (Wildman–Crippen MR) is 159 cm³/mol. The molecule has 2 N–H and O–H groups in total. The number of fused-ring (bicyclic) bond motifs is 2. The molecule has 0 aliphatic heterocycles. The van der Waals surface area contributed by atoms with Crippen LogP contribution in [0.1, 0.15) is 23.1 Å². The zero-order chi connectivity index (χ0) is 27.3. The summed E-state index contributed by atoms with van der Waals surface area (Å²) in [4.78, 5) is 14.8. The molecule has 5 nitrogen and oxygen atoms in total. The lowest BCUT2D eigenvalue weighted by Gasteiger charge is -2.11. The zero-order valence-electron chi connectivity index (χ0n) is 22.0. The number of carbonyl (C=O) groups is 1. The van der Waals surface area contributed by atoms with Gasteiger partial charge >= 0.3 is 6.16 Å². The summed E-state index contributed by atoms with van der Waals surface area (Å²) < 4.78 is 11.4. The number of aromatic nitrogens is 1. The quantitative estimate of drug-likeness (QED) is 0.146. The van der Waals surface area contributed by atoms with E-state index in [1.165, 1.54) is 16.7 Å². The molecule has 0 fully saturated rings. The van der Waals surface area contributed by atoms with Crippen LogP contribution in [0, 0.1) is 0 Å². The van der Waals surface area contributed by atoms with Crippen LogP contribution in [0.5, 0.6) is 11.6 Å². The van der Waals surface area contributed by atoms with Crippen LogP contribution < -0.4 is 9.47 Å². The summed E-state index contributed by atoms with van der Waals surface area (Å²) in [6.07, 6.45) is 0.666. The van der Waals surface area contributed by atoms with E-state index in [0.717, 1.165) is 38.6 Å². The van der Waals surface area contributed by atoms with E-state index in [1.807, 2.05) is 54.6 Å². The minimum Gasteiger partial charge on any atom is -0.493 e. The van der Waals surface area contributed by atoms with E-state index < -0.39 is 6.16 Å². The Morgan fingerprint density at radius 1 is 0.725 bits per heavy atom. The SMILES string of the molecule is O=C(O)Oc1[nH]c2c(Cc3ccccc3-c3ccccc3)cccc2c1CCCOc1cccc2ccccc12. The highest BCUT2D eigenvalue weighted by Gasteiger charge is 2.18. The normalized spacial score (nSPS) is 11.1. The highest BCUT2D eigenvalue weighted by Crippen LogP contribution is 2.34. The van der Waals surface area contributed by atoms with Gasteiger partial charge in [-0.1, -0.05) is 109 Å². The monoisotopic (exact) mass is 527 g/mol. The van der Waals surface area contributed by atoms with Crippen molar-refractivity contribution in [2.75, 3.05) is 6.61 Å². The van der Waals surface area contributed by atoms with Gasteiger partial charge in [0, 0.05) is 22.8 Å². The maximum Gasteiger partial charge on any atom is 0.512 e. The third-order valence-electron chi connectivity index (χ3n) is 7.24. The van der Waals surface area contributed by atoms with E-state index in [2.05, 4.69) is 65.6 Å². The van der Waals surface area contributed by atoms with Crippen molar-refractivity contribution in [3.8, 4) is 22.8 Å². The Labute approximate surface area is 232 Å². The van der Waals surface area contributed by atoms with E-state index in [0.29, 0.717) is 25.9 Å². The molecule has 0 bridgehead atoms. The first-order valence-corrected chi connectivity index (χ1v) is 13.4. The summed E-state index contributed by atoms with van der Waals surface area (Å²) in [6.45, 7) is 0.497. The number of aryl methyl sites for hydroxylation is 1. The second kappa shape index (κ2) is 11.4. The smallest absolute Gasteiger partial charge is 0.493 e. The van der Waals surface area contributed by atoms with Crippen LogP contribution in [0.3, 0.4) is 0 Å². The molecule has 40 heavy (non-hydrogen) atoms. The first-order chi connectivity index (χ1) is 19.7. The van der Waals surface area contributed by atoms with Crippen molar-refractivity contribution in [3.05, 3.63) is 132 Å². The summed E-state index contributed by atoms with van der Waals surface area (Å²) in [5, 5.41) is 12.6. The Hall–Kier alpha value is -5.03. The summed E-state index contributed by atoms with van der Waals surface area (Å²) in [5.41, 5.74) is 6.36. The second-order valence-electron chi connectivity index (χ2n) is 9.77. The molecule has 1 heterocycles. The standard InChI is InChI=1S/C35H29NO4/c37-35(38)40-34-31(20-10-22-39-32-21-9-15-25-13-4-7-18-29(25)32)30-19-8-16-27(33(30)36-34)23-26-14-5-6-17-28(26)24-11-2-1-3-12-24/h1-9,11-19,21,36H,10,20,22-23H2,(H,37,38). The third-order valence-corrected chi connectivity index (χ3v) is 7.24. The number of hydrogen-bond donors (Lipinski definition) is 2. The maximum absolute atomic E-state index is 11.5. The molecule has 0 amide bonds. The second-order valence-corrected chi connectivity index (χ2v) is 9.77. The lowest BCUT2D eigenvalue weighted by molar-refractivity contribution is 0.142. The van der Waals surface area contributed by atoms with Gasteiger partial charge in [0.15, 0.2) is 0 Å². The molecule has 6 rings (SSSR count). The highest BCUT2D eigenvalue weighted by molar-refractivity contribution is 5.90. The van der Waals surface area contributed by atoms with Gasteiger partial charge in [-0.2, -0.15) is 0 Å². The molecule has 0 saturated heterocycles. The van der Waals surface area contributed by atoms with Gasteiger partial charge in [0.1, 0.15) is 5.75 Å². The molecule has 0 spiro atoms. The molecule has 0 aliphatic carbocycles. The van der Waals surface area contributed by atoms with Gasteiger partial charge < -0.3 is 19.6 Å². The molecular formula is C35H29NO4. The van der Waals surface area contributed by atoms with E-state index in [-0.39, 0.29) is 5.88 Å². The molecule has 6 aromatic rings. The van der Waals surface area contributed by atoms with Gasteiger partial charge in [0.05, 0.1) is 12.1 Å². The lowest BCUT2D eigenvalue weighted by atomic mass is 9.94. The van der Waals surface area contributed by atoms with Gasteiger partial charge in [-0.3, -0.25) is 0 Å². The van der Waals surface area contributed by atoms with Crippen LogP contribution >= 0.6 is 0 Å². The predicted octanol–water partition coefficient (Wildman–Crippen LogP) is 8.65. The molecular weight excluding hydrogens is 498 g/mol. The van der Waals surface area contributed by atoms with Gasteiger partial charge in [-0.15, -0.1) is 0 Å². The van der Waals surface area contributed by atoms with E-state index in [1.54, 1.807) is 0 Å². The minimum atomic E-state index is -1.34. The molecule has 0 unspecified atom stereocenters. The molecule has 0 saturated carbocycles. The number of ether oxygens (including phenoxy) is 2. The topological polar surface area (TPSA) is 71.5 Å². The fourth-order valence-corrected chi connectivity index (χ4v) is 5.41. The van der Waals surface area contributed by atoms with Gasteiger partial charge in [-0.05, 0) is 46.5 Å². The van der Waals surface area contributed by atoms with Crippen LogP contribution in [0.2, 0.25) is 0 Å². The van der Waals surface area contributed by atoms with Crippen molar-refractivity contribution >= 4 is 27.8 Å². The molecule has 1 aromatic heterocycles. The molecule has 5 heteroatoms. The van der Waals surface area contributed by atoms with Gasteiger partial charge in [0.25, 0.3) is 0 Å². The fraction of sp³-hybridized carbons (Fsp3) is 0.114. The average Bonchev–Trinajstić information content (AvgIpc) is 3.33. The average molecular weight is 528 g/mol. The molecule has 5 aromatic carbocycles. The van der Waals surface area contributed by atoms with Crippen molar-refractivity contribution in [2.45, 2.75) is 19.3 Å². The Balaban J connectivity index is 1.26. The Morgan fingerprint density at radius 3 is 2.30 bits per heavy atom. The van der Waals surface area contributed by atoms with Crippen molar-refractivity contribution in [1.29, 1.82) is 0 Å². The molecule has 0 radical (unpaired) electrons. The maximum atomic E-state index is 11.5. The van der Waals surface area contributed by atoms with Gasteiger partial charge in [0.2, 0.25) is 5.88 Å². The Morgan fingerprint density at radius 2 is 1.43 bits per heavy atom. The van der Waals surface area contributed by atoms with Crippen LogP contribution in [0.15, 0.2) is 115 Å². The first-order valence-electron chi connectivity index (χ1n) is 13.4. The van der Waals surface area contributed by atoms with Crippen molar-refractivity contribution < 1.29 is 19.4 Å². The van der Waals surface area contributed by atoms with Gasteiger partial charge in [-0.25, -0.2) is 4.79 Å². The van der Waals surface area contributed by atoms with Crippen molar-refractivity contribution in [2.24, 2.45) is 0 Å².